The molecule has 0 saturated carbocycles. The summed E-state index contributed by atoms with van der Waals surface area (Å²) in [6.07, 6.45) is -0.806. The second-order valence-electron chi connectivity index (χ2n) is 3.87. The highest BCUT2D eigenvalue weighted by Crippen LogP contribution is 2.40. The van der Waals surface area contributed by atoms with Crippen LogP contribution in [0.25, 0.3) is 0 Å². The summed E-state index contributed by atoms with van der Waals surface area (Å²) in [6, 6.07) is 7.22. The van der Waals surface area contributed by atoms with Gasteiger partial charge in [-0.15, -0.1) is 11.3 Å². The zero-order valence-corrected chi connectivity index (χ0v) is 11.9. The van der Waals surface area contributed by atoms with E-state index in [-0.39, 0.29) is 0 Å². The van der Waals surface area contributed by atoms with Gasteiger partial charge in [0, 0.05) is 10.3 Å². The third-order valence-electron chi connectivity index (χ3n) is 2.84. The van der Waals surface area contributed by atoms with Crippen molar-refractivity contribution in [2.45, 2.75) is 6.10 Å². The Hall–Kier alpha value is -1.72. The van der Waals surface area contributed by atoms with Crippen molar-refractivity contribution in [1.82, 2.24) is 0 Å². The molecule has 0 bridgehead atoms. The molecule has 0 aliphatic rings. The highest BCUT2D eigenvalue weighted by atomic mass is 32.1. The van der Waals surface area contributed by atoms with Gasteiger partial charge in [-0.2, -0.15) is 0 Å². The van der Waals surface area contributed by atoms with E-state index in [0.717, 1.165) is 10.6 Å². The van der Waals surface area contributed by atoms with Crippen molar-refractivity contribution >= 4 is 11.3 Å². The normalized spacial score (nSPS) is 12.0. The number of rotatable bonds is 5. The predicted molar refractivity (Wildman–Crippen MR) is 74.5 cm³/mol. The molecule has 1 unspecified atom stereocenters. The minimum Gasteiger partial charge on any atom is -0.496 e. The Morgan fingerprint density at radius 2 is 1.68 bits per heavy atom. The second-order valence-corrected chi connectivity index (χ2v) is 4.81. The summed E-state index contributed by atoms with van der Waals surface area (Å²) in [5.74, 6) is 1.92. The Morgan fingerprint density at radius 3 is 2.16 bits per heavy atom. The first-order chi connectivity index (χ1) is 9.21. The standard InChI is InChI=1S/C14H16O4S/c1-16-9-7-12(19-8-9)14(15)13-10(17-2)5-4-6-11(13)18-3/h4-8,14-15H,1-3H3. The lowest BCUT2D eigenvalue weighted by Gasteiger charge is -2.17. The van der Waals surface area contributed by atoms with E-state index in [1.165, 1.54) is 11.3 Å². The average molecular weight is 280 g/mol. The maximum atomic E-state index is 10.5. The summed E-state index contributed by atoms with van der Waals surface area (Å²) in [7, 11) is 4.74. The largest absolute Gasteiger partial charge is 0.496 e. The lowest BCUT2D eigenvalue weighted by Crippen LogP contribution is -2.03. The summed E-state index contributed by atoms with van der Waals surface area (Å²) in [4.78, 5) is 0.777. The Kier molecular flexibility index (Phi) is 4.29. The van der Waals surface area contributed by atoms with Crippen LogP contribution in [0.5, 0.6) is 17.2 Å². The average Bonchev–Trinajstić information content (AvgIpc) is 2.94. The van der Waals surface area contributed by atoms with Crippen LogP contribution in [0, 0.1) is 0 Å². The van der Waals surface area contributed by atoms with E-state index >= 15 is 0 Å². The monoisotopic (exact) mass is 280 g/mol. The van der Waals surface area contributed by atoms with Gasteiger partial charge in [0.2, 0.25) is 0 Å². The Morgan fingerprint density at radius 1 is 1.05 bits per heavy atom. The maximum absolute atomic E-state index is 10.5. The third kappa shape index (κ3) is 2.67. The van der Waals surface area contributed by atoms with Crippen molar-refractivity contribution in [3.63, 3.8) is 0 Å². The first-order valence-electron chi connectivity index (χ1n) is 5.72. The molecular formula is C14H16O4S. The summed E-state index contributed by atoms with van der Waals surface area (Å²) in [5, 5.41) is 12.4. The van der Waals surface area contributed by atoms with Crippen molar-refractivity contribution in [2.75, 3.05) is 21.3 Å². The predicted octanol–water partition coefficient (Wildman–Crippen LogP) is 2.86. The van der Waals surface area contributed by atoms with Crippen molar-refractivity contribution in [3.8, 4) is 17.2 Å². The van der Waals surface area contributed by atoms with Gasteiger partial charge >= 0.3 is 0 Å². The molecule has 1 atom stereocenters. The van der Waals surface area contributed by atoms with Crippen LogP contribution in [0.15, 0.2) is 29.6 Å². The molecule has 5 heteroatoms. The molecule has 4 nitrogen and oxygen atoms in total. The van der Waals surface area contributed by atoms with Crippen LogP contribution in [-0.4, -0.2) is 26.4 Å². The first-order valence-corrected chi connectivity index (χ1v) is 6.60. The van der Waals surface area contributed by atoms with Crippen LogP contribution in [-0.2, 0) is 0 Å². The lowest BCUT2D eigenvalue weighted by atomic mass is 10.1. The van der Waals surface area contributed by atoms with Gasteiger partial charge in [-0.05, 0) is 18.2 Å². The van der Waals surface area contributed by atoms with Gasteiger partial charge in [-0.25, -0.2) is 0 Å². The van der Waals surface area contributed by atoms with E-state index in [1.807, 2.05) is 11.4 Å². The van der Waals surface area contributed by atoms with E-state index in [4.69, 9.17) is 14.2 Å². The fourth-order valence-corrected chi connectivity index (χ4v) is 2.72. The molecule has 2 rings (SSSR count). The third-order valence-corrected chi connectivity index (χ3v) is 3.80. The molecule has 0 fully saturated rings. The Balaban J connectivity index is 2.44. The zero-order valence-electron chi connectivity index (χ0n) is 11.0. The molecule has 0 radical (unpaired) electrons. The summed E-state index contributed by atoms with van der Waals surface area (Å²) < 4.78 is 15.7. The smallest absolute Gasteiger partial charge is 0.129 e. The molecule has 2 aromatic rings. The summed E-state index contributed by atoms with van der Waals surface area (Å²) in [6.45, 7) is 0. The molecule has 19 heavy (non-hydrogen) atoms. The Labute approximate surface area is 116 Å². The van der Waals surface area contributed by atoms with Crippen molar-refractivity contribution in [2.24, 2.45) is 0 Å². The molecule has 0 saturated heterocycles. The summed E-state index contributed by atoms with van der Waals surface area (Å²) in [5.41, 5.74) is 0.622. The van der Waals surface area contributed by atoms with Crippen LogP contribution in [0.1, 0.15) is 16.5 Å². The van der Waals surface area contributed by atoms with Gasteiger partial charge in [-0.1, -0.05) is 6.07 Å². The molecule has 1 aromatic carbocycles. The van der Waals surface area contributed by atoms with Crippen LogP contribution < -0.4 is 14.2 Å². The molecule has 0 aliphatic heterocycles. The Bertz CT molecular complexity index is 528. The topological polar surface area (TPSA) is 47.9 Å². The van der Waals surface area contributed by atoms with Crippen molar-refractivity contribution in [1.29, 1.82) is 0 Å². The number of benzene rings is 1. The maximum Gasteiger partial charge on any atom is 0.129 e. The van der Waals surface area contributed by atoms with Gasteiger partial charge in [0.15, 0.2) is 0 Å². The minimum atomic E-state index is -0.806. The number of thiophene rings is 1. The quantitative estimate of drug-likeness (QED) is 0.915. The number of aliphatic hydroxyl groups is 1. The highest BCUT2D eigenvalue weighted by molar-refractivity contribution is 7.10. The van der Waals surface area contributed by atoms with E-state index in [0.29, 0.717) is 17.1 Å². The van der Waals surface area contributed by atoms with E-state index < -0.39 is 6.10 Å². The molecule has 0 spiro atoms. The lowest BCUT2D eigenvalue weighted by molar-refractivity contribution is 0.212. The van der Waals surface area contributed by atoms with Gasteiger partial charge < -0.3 is 19.3 Å². The van der Waals surface area contributed by atoms with Gasteiger partial charge in [-0.3, -0.25) is 0 Å². The van der Waals surface area contributed by atoms with Crippen molar-refractivity contribution in [3.05, 3.63) is 40.1 Å². The van der Waals surface area contributed by atoms with E-state index in [2.05, 4.69) is 0 Å². The molecule has 1 aromatic heterocycles. The van der Waals surface area contributed by atoms with E-state index in [9.17, 15) is 5.11 Å². The SMILES string of the molecule is COc1csc(C(O)c2c(OC)cccc2OC)c1. The number of aliphatic hydroxyl groups excluding tert-OH is 1. The number of hydrogen-bond donors (Lipinski definition) is 1. The molecule has 0 amide bonds. The molecule has 1 N–H and O–H groups in total. The summed E-state index contributed by atoms with van der Waals surface area (Å²) >= 11 is 1.43. The number of ether oxygens (including phenoxy) is 3. The minimum absolute atomic E-state index is 0.596. The van der Waals surface area contributed by atoms with Crippen LogP contribution in [0.2, 0.25) is 0 Å². The molecule has 102 valence electrons. The van der Waals surface area contributed by atoms with Crippen molar-refractivity contribution < 1.29 is 19.3 Å². The highest BCUT2D eigenvalue weighted by Gasteiger charge is 2.22. The number of hydrogen-bond acceptors (Lipinski definition) is 5. The number of methoxy groups -OCH3 is 3. The van der Waals surface area contributed by atoms with Gasteiger partial charge in [0.1, 0.15) is 23.4 Å². The second kappa shape index (κ2) is 5.95. The molecule has 1 heterocycles. The van der Waals surface area contributed by atoms with Crippen LogP contribution in [0.4, 0.5) is 0 Å². The van der Waals surface area contributed by atoms with Gasteiger partial charge in [0.05, 0.1) is 26.9 Å². The van der Waals surface area contributed by atoms with E-state index in [1.54, 1.807) is 39.5 Å². The zero-order chi connectivity index (χ0) is 13.8. The molecule has 0 aliphatic carbocycles. The fourth-order valence-electron chi connectivity index (χ4n) is 1.88. The van der Waals surface area contributed by atoms with Gasteiger partial charge in [0.25, 0.3) is 0 Å². The fraction of sp³-hybridized carbons (Fsp3) is 0.286. The first kappa shape index (κ1) is 13.7. The van der Waals surface area contributed by atoms with Crippen LogP contribution in [0.3, 0.4) is 0 Å². The molecular weight excluding hydrogens is 264 g/mol. The van der Waals surface area contributed by atoms with Crippen LogP contribution >= 0.6 is 11.3 Å².